The first-order chi connectivity index (χ1) is 6.54. The Kier molecular flexibility index (Phi) is 3.53. The van der Waals surface area contributed by atoms with Crippen molar-refractivity contribution < 1.29 is 9.53 Å². The van der Waals surface area contributed by atoms with Crippen LogP contribution < -0.4 is 4.74 Å². The van der Waals surface area contributed by atoms with E-state index in [0.29, 0.717) is 10.6 Å². The fourth-order valence-corrected chi connectivity index (χ4v) is 1.36. The van der Waals surface area contributed by atoms with Crippen molar-refractivity contribution in [3.8, 4) is 5.75 Å². The molecule has 1 aromatic rings. The van der Waals surface area contributed by atoms with E-state index >= 15 is 0 Å². The summed E-state index contributed by atoms with van der Waals surface area (Å²) in [7, 11) is 0. The van der Waals surface area contributed by atoms with Crippen LogP contribution in [0.2, 0.25) is 5.02 Å². The number of benzene rings is 1. The zero-order chi connectivity index (χ0) is 10.7. The van der Waals surface area contributed by atoms with Crippen molar-refractivity contribution in [3.63, 3.8) is 0 Å². The predicted octanol–water partition coefficient (Wildman–Crippen LogP) is 3.25. The van der Waals surface area contributed by atoms with Crippen LogP contribution in [0.5, 0.6) is 5.75 Å². The van der Waals surface area contributed by atoms with Crippen LogP contribution in [0.1, 0.15) is 29.8 Å². The third kappa shape index (κ3) is 2.48. The van der Waals surface area contributed by atoms with Gasteiger partial charge in [-0.1, -0.05) is 11.6 Å². The molecule has 0 saturated carbocycles. The summed E-state index contributed by atoms with van der Waals surface area (Å²) in [4.78, 5) is 10.6. The maximum Gasteiger partial charge on any atom is 0.151 e. The van der Waals surface area contributed by atoms with Crippen LogP contribution in [0, 0.1) is 6.92 Å². The summed E-state index contributed by atoms with van der Waals surface area (Å²) in [5.74, 6) is 0.732. The molecule has 0 unspecified atom stereocenters. The molecule has 0 aromatic heterocycles. The van der Waals surface area contributed by atoms with Crippen LogP contribution in [0.15, 0.2) is 12.1 Å². The number of hydrogen-bond donors (Lipinski definition) is 0. The van der Waals surface area contributed by atoms with Gasteiger partial charge in [0.05, 0.1) is 11.1 Å². The van der Waals surface area contributed by atoms with Crippen molar-refractivity contribution in [1.29, 1.82) is 0 Å². The van der Waals surface area contributed by atoms with E-state index in [1.54, 1.807) is 12.1 Å². The maximum absolute atomic E-state index is 10.6. The highest BCUT2D eigenvalue weighted by atomic mass is 35.5. The number of carbonyl (C=O) groups is 1. The molecule has 0 spiro atoms. The van der Waals surface area contributed by atoms with Gasteiger partial charge < -0.3 is 4.74 Å². The molecule has 1 rings (SSSR count). The molecular weight excluding hydrogens is 200 g/mol. The Balaban J connectivity index is 3.08. The lowest BCUT2D eigenvalue weighted by atomic mass is 10.1. The van der Waals surface area contributed by atoms with Gasteiger partial charge in [0, 0.05) is 5.56 Å². The lowest BCUT2D eigenvalue weighted by Crippen LogP contribution is -2.07. The molecule has 0 amide bonds. The van der Waals surface area contributed by atoms with E-state index in [0.717, 1.165) is 17.6 Å². The minimum atomic E-state index is 0.104. The first kappa shape index (κ1) is 11.1. The van der Waals surface area contributed by atoms with E-state index in [9.17, 15) is 4.79 Å². The molecule has 0 bridgehead atoms. The van der Waals surface area contributed by atoms with E-state index < -0.39 is 0 Å². The molecule has 14 heavy (non-hydrogen) atoms. The van der Waals surface area contributed by atoms with Gasteiger partial charge in [0.2, 0.25) is 0 Å². The predicted molar refractivity (Wildman–Crippen MR) is 57.3 cm³/mol. The van der Waals surface area contributed by atoms with Gasteiger partial charge in [-0.2, -0.15) is 0 Å². The summed E-state index contributed by atoms with van der Waals surface area (Å²) >= 11 is 5.87. The molecule has 3 heteroatoms. The van der Waals surface area contributed by atoms with Crippen LogP contribution in [0.4, 0.5) is 0 Å². The van der Waals surface area contributed by atoms with Crippen molar-refractivity contribution in [2.24, 2.45) is 0 Å². The fraction of sp³-hybridized carbons (Fsp3) is 0.364. The molecule has 0 saturated heterocycles. The molecule has 0 radical (unpaired) electrons. The Hall–Kier alpha value is -1.02. The molecule has 0 aliphatic heterocycles. The Morgan fingerprint density at radius 1 is 1.43 bits per heavy atom. The van der Waals surface area contributed by atoms with Crippen LogP contribution in [0.25, 0.3) is 0 Å². The molecule has 0 N–H and O–H groups in total. The minimum Gasteiger partial charge on any atom is -0.491 e. The highest BCUT2D eigenvalue weighted by molar-refractivity contribution is 6.33. The molecule has 0 fully saturated rings. The van der Waals surface area contributed by atoms with E-state index in [1.165, 1.54) is 0 Å². The summed E-state index contributed by atoms with van der Waals surface area (Å²) in [5.41, 5.74) is 1.42. The summed E-state index contributed by atoms with van der Waals surface area (Å²) in [6, 6.07) is 3.41. The van der Waals surface area contributed by atoms with Gasteiger partial charge in [-0.05, 0) is 38.5 Å². The Labute approximate surface area is 88.8 Å². The molecule has 0 aliphatic rings. The number of carbonyl (C=O) groups excluding carboxylic acids is 1. The highest BCUT2D eigenvalue weighted by Gasteiger charge is 2.07. The van der Waals surface area contributed by atoms with Crippen molar-refractivity contribution in [3.05, 3.63) is 28.3 Å². The molecule has 0 atom stereocenters. The zero-order valence-electron chi connectivity index (χ0n) is 8.50. The van der Waals surface area contributed by atoms with Gasteiger partial charge >= 0.3 is 0 Å². The molecule has 2 nitrogen and oxygen atoms in total. The quantitative estimate of drug-likeness (QED) is 0.719. The Bertz CT molecular complexity index is 345. The van der Waals surface area contributed by atoms with Gasteiger partial charge in [-0.3, -0.25) is 4.79 Å². The lowest BCUT2D eigenvalue weighted by Gasteiger charge is -2.13. The number of aldehydes is 1. The average Bonchev–Trinajstić information content (AvgIpc) is 2.10. The number of hydrogen-bond acceptors (Lipinski definition) is 2. The summed E-state index contributed by atoms with van der Waals surface area (Å²) in [6.07, 6.45) is 0.848. The van der Waals surface area contributed by atoms with Crippen molar-refractivity contribution in [1.82, 2.24) is 0 Å². The van der Waals surface area contributed by atoms with E-state index in [-0.39, 0.29) is 6.10 Å². The normalized spacial score (nSPS) is 10.4. The Morgan fingerprint density at radius 2 is 2.07 bits per heavy atom. The molecule has 0 aliphatic carbocycles. The van der Waals surface area contributed by atoms with Crippen LogP contribution >= 0.6 is 11.6 Å². The maximum atomic E-state index is 10.6. The summed E-state index contributed by atoms with van der Waals surface area (Å²) < 4.78 is 5.52. The van der Waals surface area contributed by atoms with E-state index in [2.05, 4.69) is 0 Å². The van der Waals surface area contributed by atoms with E-state index in [1.807, 2.05) is 20.8 Å². The summed E-state index contributed by atoms with van der Waals surface area (Å²) in [5, 5.41) is 0.432. The SMILES string of the molecule is Cc1cc(C=O)c(Cl)cc1OC(C)C. The average molecular weight is 213 g/mol. The van der Waals surface area contributed by atoms with Gasteiger partial charge in [0.15, 0.2) is 6.29 Å². The number of ether oxygens (including phenoxy) is 1. The van der Waals surface area contributed by atoms with Crippen LogP contribution in [-0.4, -0.2) is 12.4 Å². The largest absolute Gasteiger partial charge is 0.491 e. The van der Waals surface area contributed by atoms with Crippen molar-refractivity contribution >= 4 is 17.9 Å². The van der Waals surface area contributed by atoms with Crippen LogP contribution in [0.3, 0.4) is 0 Å². The van der Waals surface area contributed by atoms with Crippen molar-refractivity contribution in [2.75, 3.05) is 0 Å². The molecule has 1 aromatic carbocycles. The second-order valence-electron chi connectivity index (χ2n) is 3.42. The second kappa shape index (κ2) is 4.47. The third-order valence-corrected chi connectivity index (χ3v) is 2.11. The smallest absolute Gasteiger partial charge is 0.151 e. The monoisotopic (exact) mass is 212 g/mol. The number of halogens is 1. The first-order valence-corrected chi connectivity index (χ1v) is 4.84. The second-order valence-corrected chi connectivity index (χ2v) is 3.83. The third-order valence-electron chi connectivity index (χ3n) is 1.78. The lowest BCUT2D eigenvalue weighted by molar-refractivity contribution is 0.112. The fourth-order valence-electron chi connectivity index (χ4n) is 1.16. The molecule has 76 valence electrons. The van der Waals surface area contributed by atoms with E-state index in [4.69, 9.17) is 16.3 Å². The summed E-state index contributed by atoms with van der Waals surface area (Å²) in [6.45, 7) is 5.78. The molecular formula is C11H13ClO2. The minimum absolute atomic E-state index is 0.104. The van der Waals surface area contributed by atoms with Crippen molar-refractivity contribution in [2.45, 2.75) is 26.9 Å². The highest BCUT2D eigenvalue weighted by Crippen LogP contribution is 2.26. The Morgan fingerprint density at radius 3 is 2.57 bits per heavy atom. The standard InChI is InChI=1S/C11H13ClO2/c1-7(2)14-11-5-10(12)9(6-13)4-8(11)3/h4-7H,1-3H3. The zero-order valence-corrected chi connectivity index (χ0v) is 9.26. The number of aryl methyl sites for hydroxylation is 1. The van der Waals surface area contributed by atoms with Gasteiger partial charge in [0.1, 0.15) is 5.75 Å². The number of rotatable bonds is 3. The van der Waals surface area contributed by atoms with Crippen LogP contribution in [-0.2, 0) is 0 Å². The topological polar surface area (TPSA) is 26.3 Å². The molecule has 0 heterocycles. The van der Waals surface area contributed by atoms with Gasteiger partial charge in [-0.25, -0.2) is 0 Å². The van der Waals surface area contributed by atoms with Gasteiger partial charge in [0.25, 0.3) is 0 Å². The first-order valence-electron chi connectivity index (χ1n) is 4.46. The van der Waals surface area contributed by atoms with Gasteiger partial charge in [-0.15, -0.1) is 0 Å².